The third-order valence-electron chi connectivity index (χ3n) is 5.61. The Labute approximate surface area is 190 Å². The van der Waals surface area contributed by atoms with Gasteiger partial charge in [-0.3, -0.25) is 4.79 Å². The van der Waals surface area contributed by atoms with Gasteiger partial charge in [-0.2, -0.15) is 0 Å². The van der Waals surface area contributed by atoms with Crippen LogP contribution in [0.1, 0.15) is 59.1 Å². The number of carbonyl (C=O) groups excluding carboxylic acids is 1. The molecular weight excluding hydrogens is 408 g/mol. The SMILES string of the molecule is CC(C)Oc1cc(CNc2ncc(C3(C(C)(C)O)CCN3C=O)cn2)cc(OC(C)C)c1. The number of rotatable bonds is 10. The summed E-state index contributed by atoms with van der Waals surface area (Å²) in [5, 5.41) is 14.0. The molecule has 3 rings (SSSR count). The number of likely N-dealkylation sites (tertiary alicyclic amines) is 1. The number of benzene rings is 1. The van der Waals surface area contributed by atoms with E-state index in [0.717, 1.165) is 23.5 Å². The number of anilines is 1. The van der Waals surface area contributed by atoms with E-state index in [0.29, 0.717) is 31.0 Å². The lowest BCUT2D eigenvalue weighted by molar-refractivity contribution is -0.168. The monoisotopic (exact) mass is 442 g/mol. The van der Waals surface area contributed by atoms with E-state index < -0.39 is 11.1 Å². The molecule has 1 aliphatic rings. The largest absolute Gasteiger partial charge is 0.491 e. The quantitative estimate of drug-likeness (QED) is 0.544. The molecule has 0 bridgehead atoms. The van der Waals surface area contributed by atoms with E-state index in [9.17, 15) is 9.90 Å². The van der Waals surface area contributed by atoms with Gasteiger partial charge < -0.3 is 24.8 Å². The summed E-state index contributed by atoms with van der Waals surface area (Å²) in [6.45, 7) is 12.4. The summed E-state index contributed by atoms with van der Waals surface area (Å²) in [4.78, 5) is 21.9. The molecule has 174 valence electrons. The maximum absolute atomic E-state index is 11.5. The standard InChI is InChI=1S/C24H34N4O4/c1-16(2)31-20-9-18(10-21(11-20)32-17(3)4)12-25-22-26-13-19(14-27-22)24(23(5,6)30)7-8-28(24)15-29/h9-11,13-17,30H,7-8,12H2,1-6H3,(H,25,26,27). The summed E-state index contributed by atoms with van der Waals surface area (Å²) in [5.41, 5.74) is -0.230. The zero-order valence-corrected chi connectivity index (χ0v) is 19.8. The van der Waals surface area contributed by atoms with Crippen LogP contribution in [0.2, 0.25) is 0 Å². The minimum Gasteiger partial charge on any atom is -0.491 e. The van der Waals surface area contributed by atoms with E-state index >= 15 is 0 Å². The van der Waals surface area contributed by atoms with Crippen LogP contribution in [0.15, 0.2) is 30.6 Å². The second-order valence-electron chi connectivity index (χ2n) is 9.26. The van der Waals surface area contributed by atoms with Crippen molar-refractivity contribution in [2.75, 3.05) is 11.9 Å². The minimum absolute atomic E-state index is 0.0570. The van der Waals surface area contributed by atoms with E-state index in [1.807, 2.05) is 45.9 Å². The molecule has 0 spiro atoms. The minimum atomic E-state index is -1.12. The number of hydrogen-bond acceptors (Lipinski definition) is 7. The molecule has 1 aliphatic heterocycles. The van der Waals surface area contributed by atoms with Gasteiger partial charge in [-0.05, 0) is 65.7 Å². The molecule has 32 heavy (non-hydrogen) atoms. The Morgan fingerprint density at radius 3 is 2.09 bits per heavy atom. The van der Waals surface area contributed by atoms with Gasteiger partial charge in [0.1, 0.15) is 17.0 Å². The Morgan fingerprint density at radius 1 is 1.12 bits per heavy atom. The molecule has 1 aromatic heterocycles. The van der Waals surface area contributed by atoms with Gasteiger partial charge in [-0.1, -0.05) is 0 Å². The highest BCUT2D eigenvalue weighted by molar-refractivity contribution is 5.54. The van der Waals surface area contributed by atoms with Crippen LogP contribution in [0.4, 0.5) is 5.95 Å². The van der Waals surface area contributed by atoms with Crippen LogP contribution in [0, 0.1) is 0 Å². The van der Waals surface area contributed by atoms with Crippen molar-refractivity contribution in [3.63, 3.8) is 0 Å². The number of carbonyl (C=O) groups is 1. The summed E-state index contributed by atoms with van der Waals surface area (Å²) in [6, 6.07) is 5.82. The van der Waals surface area contributed by atoms with Crippen LogP contribution in [-0.2, 0) is 16.9 Å². The molecule has 0 saturated carbocycles. The van der Waals surface area contributed by atoms with Crippen molar-refractivity contribution >= 4 is 12.4 Å². The summed E-state index contributed by atoms with van der Waals surface area (Å²) in [6.07, 6.45) is 4.90. The van der Waals surface area contributed by atoms with Crippen LogP contribution < -0.4 is 14.8 Å². The van der Waals surface area contributed by atoms with Crippen LogP contribution >= 0.6 is 0 Å². The van der Waals surface area contributed by atoms with Crippen molar-refractivity contribution in [3.05, 3.63) is 41.7 Å². The lowest BCUT2D eigenvalue weighted by Gasteiger charge is -2.57. The summed E-state index contributed by atoms with van der Waals surface area (Å²) < 4.78 is 11.7. The van der Waals surface area contributed by atoms with Gasteiger partial charge >= 0.3 is 0 Å². The number of ether oxygens (including phenoxy) is 2. The number of nitrogens with zero attached hydrogens (tertiary/aromatic N) is 3. The van der Waals surface area contributed by atoms with Crippen molar-refractivity contribution in [1.82, 2.24) is 14.9 Å². The molecule has 1 atom stereocenters. The maximum atomic E-state index is 11.5. The van der Waals surface area contributed by atoms with Crippen LogP contribution in [-0.4, -0.2) is 50.7 Å². The number of amides is 1. The second kappa shape index (κ2) is 9.32. The molecule has 0 radical (unpaired) electrons. The summed E-state index contributed by atoms with van der Waals surface area (Å²) in [5.74, 6) is 1.95. The van der Waals surface area contributed by atoms with E-state index in [-0.39, 0.29) is 12.2 Å². The van der Waals surface area contributed by atoms with E-state index in [2.05, 4.69) is 15.3 Å². The normalized spacial score (nSPS) is 18.5. The highest BCUT2D eigenvalue weighted by Gasteiger charge is 2.55. The predicted octanol–water partition coefficient (Wildman–Crippen LogP) is 3.49. The molecule has 2 aromatic rings. The first kappa shape index (κ1) is 23.8. The van der Waals surface area contributed by atoms with Crippen LogP contribution in [0.25, 0.3) is 0 Å². The molecule has 1 aromatic carbocycles. The zero-order chi connectivity index (χ0) is 23.5. The molecule has 2 N–H and O–H groups in total. The number of nitrogens with one attached hydrogen (secondary N) is 1. The van der Waals surface area contributed by atoms with Gasteiger partial charge in [-0.25, -0.2) is 9.97 Å². The Bertz CT molecular complexity index is 896. The van der Waals surface area contributed by atoms with E-state index in [1.54, 1.807) is 31.1 Å². The van der Waals surface area contributed by atoms with Crippen molar-refractivity contribution in [2.45, 2.75) is 77.9 Å². The molecule has 1 amide bonds. The van der Waals surface area contributed by atoms with Gasteiger partial charge in [0.2, 0.25) is 12.4 Å². The Hall–Kier alpha value is -2.87. The van der Waals surface area contributed by atoms with Crippen molar-refractivity contribution in [3.8, 4) is 11.5 Å². The third kappa shape index (κ3) is 4.96. The summed E-state index contributed by atoms with van der Waals surface area (Å²) >= 11 is 0. The fraction of sp³-hybridized carbons (Fsp3) is 0.542. The first-order valence-corrected chi connectivity index (χ1v) is 11.0. The number of aliphatic hydroxyl groups is 1. The van der Waals surface area contributed by atoms with Crippen molar-refractivity contribution < 1.29 is 19.4 Å². The lowest BCUT2D eigenvalue weighted by Crippen LogP contribution is -2.67. The summed E-state index contributed by atoms with van der Waals surface area (Å²) in [7, 11) is 0. The van der Waals surface area contributed by atoms with Gasteiger partial charge in [-0.15, -0.1) is 0 Å². The van der Waals surface area contributed by atoms with Gasteiger partial charge in [0.05, 0.1) is 17.8 Å². The molecule has 8 heteroatoms. The molecule has 1 unspecified atom stereocenters. The molecule has 8 nitrogen and oxygen atoms in total. The molecular formula is C24H34N4O4. The first-order chi connectivity index (χ1) is 15.0. The third-order valence-corrected chi connectivity index (χ3v) is 5.61. The second-order valence-corrected chi connectivity index (χ2v) is 9.26. The van der Waals surface area contributed by atoms with E-state index in [1.165, 1.54) is 0 Å². The maximum Gasteiger partial charge on any atom is 0.222 e. The fourth-order valence-electron chi connectivity index (χ4n) is 4.16. The van der Waals surface area contributed by atoms with Gasteiger partial charge in [0.25, 0.3) is 0 Å². The van der Waals surface area contributed by atoms with E-state index in [4.69, 9.17) is 9.47 Å². The molecule has 1 fully saturated rings. The topological polar surface area (TPSA) is 96.8 Å². The van der Waals surface area contributed by atoms with Gasteiger partial charge in [0.15, 0.2) is 0 Å². The van der Waals surface area contributed by atoms with Crippen LogP contribution in [0.5, 0.6) is 11.5 Å². The average molecular weight is 443 g/mol. The predicted molar refractivity (Wildman–Crippen MR) is 123 cm³/mol. The Balaban J connectivity index is 1.76. The lowest BCUT2D eigenvalue weighted by atomic mass is 9.69. The van der Waals surface area contributed by atoms with Gasteiger partial charge in [0, 0.05) is 37.1 Å². The van der Waals surface area contributed by atoms with Crippen LogP contribution in [0.3, 0.4) is 0 Å². The smallest absolute Gasteiger partial charge is 0.222 e. The van der Waals surface area contributed by atoms with Crippen molar-refractivity contribution in [1.29, 1.82) is 0 Å². The average Bonchev–Trinajstić information content (AvgIpc) is 2.65. The number of aromatic nitrogens is 2. The fourth-order valence-corrected chi connectivity index (χ4v) is 4.16. The molecule has 0 aliphatic carbocycles. The highest BCUT2D eigenvalue weighted by atomic mass is 16.5. The van der Waals surface area contributed by atoms with Crippen molar-refractivity contribution in [2.24, 2.45) is 0 Å². The molecule has 1 saturated heterocycles. The Kier molecular flexibility index (Phi) is 6.93. The first-order valence-electron chi connectivity index (χ1n) is 11.0. The zero-order valence-electron chi connectivity index (χ0n) is 19.8. The number of hydrogen-bond donors (Lipinski definition) is 2. The molecule has 2 heterocycles. The Morgan fingerprint density at radius 2 is 1.69 bits per heavy atom. The highest BCUT2D eigenvalue weighted by Crippen LogP contribution is 2.47.